The van der Waals surface area contributed by atoms with Crippen molar-refractivity contribution in [2.45, 2.75) is 6.61 Å². The molecule has 0 saturated heterocycles. The van der Waals surface area contributed by atoms with Crippen LogP contribution in [0.4, 0.5) is 0 Å². The van der Waals surface area contributed by atoms with Gasteiger partial charge in [-0.3, -0.25) is 4.79 Å². The van der Waals surface area contributed by atoms with Crippen molar-refractivity contribution >= 4 is 17.5 Å². The van der Waals surface area contributed by atoms with E-state index in [1.165, 1.54) is 6.07 Å². The Morgan fingerprint density at radius 3 is 2.57 bits per heavy atom. The van der Waals surface area contributed by atoms with E-state index in [0.717, 1.165) is 11.1 Å². The smallest absolute Gasteiger partial charge is 0.287 e. The monoisotopic (exact) mass is 328 g/mol. The predicted octanol–water partition coefficient (Wildman–Crippen LogP) is 3.67. The molecule has 0 spiro atoms. The molecule has 0 aliphatic rings. The Morgan fingerprint density at radius 2 is 1.91 bits per heavy atom. The van der Waals surface area contributed by atoms with E-state index in [2.05, 4.69) is 5.16 Å². The zero-order valence-electron chi connectivity index (χ0n) is 12.0. The standard InChI is InChI=1S/C17H13ClN2O3/c18-13-3-1-2-4-15(13)22-10-11-5-7-12(8-6-11)14-9-16(17(19)21)23-20-14/h1-9H,10H2,(H2,19,21). The molecule has 23 heavy (non-hydrogen) atoms. The lowest BCUT2D eigenvalue weighted by Gasteiger charge is -2.08. The highest BCUT2D eigenvalue weighted by Crippen LogP contribution is 2.25. The van der Waals surface area contributed by atoms with Crippen molar-refractivity contribution in [1.29, 1.82) is 0 Å². The van der Waals surface area contributed by atoms with Crippen molar-refractivity contribution < 1.29 is 14.1 Å². The van der Waals surface area contributed by atoms with Gasteiger partial charge < -0.3 is 15.0 Å². The number of hydrogen-bond acceptors (Lipinski definition) is 4. The van der Waals surface area contributed by atoms with Gasteiger partial charge in [0.2, 0.25) is 5.76 Å². The second kappa shape index (κ2) is 6.54. The lowest BCUT2D eigenvalue weighted by Crippen LogP contribution is -2.09. The number of halogens is 1. The number of benzene rings is 2. The number of carbonyl (C=O) groups is 1. The average Bonchev–Trinajstić information content (AvgIpc) is 3.05. The Bertz CT molecular complexity index is 828. The lowest BCUT2D eigenvalue weighted by atomic mass is 10.1. The third-order valence-corrected chi connectivity index (χ3v) is 3.55. The SMILES string of the molecule is NC(=O)c1cc(-c2ccc(COc3ccccc3Cl)cc2)no1. The summed E-state index contributed by atoms with van der Waals surface area (Å²) >= 11 is 6.04. The van der Waals surface area contributed by atoms with Crippen LogP contribution in [0.3, 0.4) is 0 Å². The van der Waals surface area contributed by atoms with Crippen LogP contribution in [0.5, 0.6) is 5.75 Å². The van der Waals surface area contributed by atoms with E-state index in [1.54, 1.807) is 6.07 Å². The quantitative estimate of drug-likeness (QED) is 0.775. The van der Waals surface area contributed by atoms with Crippen LogP contribution in [0, 0.1) is 0 Å². The van der Waals surface area contributed by atoms with Crippen molar-refractivity contribution in [3.8, 4) is 17.0 Å². The van der Waals surface area contributed by atoms with Gasteiger partial charge >= 0.3 is 0 Å². The van der Waals surface area contributed by atoms with Crippen molar-refractivity contribution in [3.05, 3.63) is 70.9 Å². The summed E-state index contributed by atoms with van der Waals surface area (Å²) in [5, 5.41) is 4.39. The number of rotatable bonds is 5. The molecule has 2 aromatic carbocycles. The Kier molecular flexibility index (Phi) is 4.30. The number of aromatic nitrogens is 1. The van der Waals surface area contributed by atoms with Crippen LogP contribution in [0.1, 0.15) is 16.1 Å². The van der Waals surface area contributed by atoms with Gasteiger partial charge in [0.05, 0.1) is 5.02 Å². The number of hydrogen-bond donors (Lipinski definition) is 1. The summed E-state index contributed by atoms with van der Waals surface area (Å²) in [5.74, 6) is 0.0282. The Morgan fingerprint density at radius 1 is 1.17 bits per heavy atom. The van der Waals surface area contributed by atoms with Crippen LogP contribution >= 0.6 is 11.6 Å². The molecule has 0 aliphatic heterocycles. The van der Waals surface area contributed by atoms with Crippen LogP contribution < -0.4 is 10.5 Å². The number of amides is 1. The largest absolute Gasteiger partial charge is 0.487 e. The van der Waals surface area contributed by atoms with E-state index < -0.39 is 5.91 Å². The average molecular weight is 329 g/mol. The molecule has 5 nitrogen and oxygen atoms in total. The van der Waals surface area contributed by atoms with Gasteiger partial charge in [-0.2, -0.15) is 0 Å². The summed E-state index contributed by atoms with van der Waals surface area (Å²) in [4.78, 5) is 11.0. The maximum Gasteiger partial charge on any atom is 0.287 e. The van der Waals surface area contributed by atoms with Gasteiger partial charge in [-0.15, -0.1) is 0 Å². The Labute approximate surface area is 137 Å². The fraction of sp³-hybridized carbons (Fsp3) is 0.0588. The maximum absolute atomic E-state index is 11.0. The number of para-hydroxylation sites is 1. The summed E-state index contributed by atoms with van der Waals surface area (Å²) in [7, 11) is 0. The summed E-state index contributed by atoms with van der Waals surface area (Å²) in [6.45, 7) is 0.398. The van der Waals surface area contributed by atoms with E-state index in [0.29, 0.717) is 23.1 Å². The molecule has 1 aromatic heterocycles. The Hall–Kier alpha value is -2.79. The van der Waals surface area contributed by atoms with Gasteiger partial charge in [0, 0.05) is 11.6 Å². The number of ether oxygens (including phenoxy) is 1. The molecule has 1 heterocycles. The minimum absolute atomic E-state index is 0.0335. The van der Waals surface area contributed by atoms with E-state index in [4.69, 9.17) is 26.6 Å². The molecule has 0 aliphatic carbocycles. The van der Waals surface area contributed by atoms with Crippen LogP contribution in [0.25, 0.3) is 11.3 Å². The number of carbonyl (C=O) groups excluding carboxylic acids is 1. The first-order chi connectivity index (χ1) is 11.1. The highest BCUT2D eigenvalue weighted by Gasteiger charge is 2.10. The molecular weight excluding hydrogens is 316 g/mol. The van der Waals surface area contributed by atoms with Crippen molar-refractivity contribution in [1.82, 2.24) is 5.16 Å². The Balaban J connectivity index is 1.69. The van der Waals surface area contributed by atoms with Gasteiger partial charge in [-0.25, -0.2) is 0 Å². The van der Waals surface area contributed by atoms with Gasteiger partial charge in [0.1, 0.15) is 18.1 Å². The number of nitrogens with zero attached hydrogens (tertiary/aromatic N) is 1. The van der Waals surface area contributed by atoms with E-state index >= 15 is 0 Å². The molecule has 3 aromatic rings. The third kappa shape index (κ3) is 3.52. The van der Waals surface area contributed by atoms with Gasteiger partial charge in [0.25, 0.3) is 5.91 Å². The first kappa shape index (κ1) is 15.1. The fourth-order valence-electron chi connectivity index (χ4n) is 2.02. The van der Waals surface area contributed by atoms with Crippen LogP contribution in [0.15, 0.2) is 59.1 Å². The number of nitrogens with two attached hydrogens (primary N) is 1. The van der Waals surface area contributed by atoms with Gasteiger partial charge in [0.15, 0.2) is 0 Å². The molecule has 0 fully saturated rings. The molecule has 0 bridgehead atoms. The van der Waals surface area contributed by atoms with Crippen molar-refractivity contribution in [2.75, 3.05) is 0 Å². The summed E-state index contributed by atoms with van der Waals surface area (Å²) in [6.07, 6.45) is 0. The molecular formula is C17H13ClN2O3. The van der Waals surface area contributed by atoms with E-state index in [-0.39, 0.29) is 5.76 Å². The van der Waals surface area contributed by atoms with E-state index in [9.17, 15) is 4.79 Å². The van der Waals surface area contributed by atoms with Crippen LogP contribution in [-0.2, 0) is 6.61 Å². The van der Waals surface area contributed by atoms with Crippen molar-refractivity contribution in [2.24, 2.45) is 5.73 Å². The molecule has 0 atom stereocenters. The molecule has 0 unspecified atom stereocenters. The van der Waals surface area contributed by atoms with Crippen molar-refractivity contribution in [3.63, 3.8) is 0 Å². The topological polar surface area (TPSA) is 78.4 Å². The fourth-order valence-corrected chi connectivity index (χ4v) is 2.21. The minimum atomic E-state index is -0.645. The normalized spacial score (nSPS) is 10.5. The van der Waals surface area contributed by atoms with Crippen LogP contribution in [-0.4, -0.2) is 11.1 Å². The maximum atomic E-state index is 11.0. The minimum Gasteiger partial charge on any atom is -0.487 e. The third-order valence-electron chi connectivity index (χ3n) is 3.23. The molecule has 2 N–H and O–H groups in total. The first-order valence-corrected chi connectivity index (χ1v) is 7.24. The molecule has 6 heteroatoms. The summed E-state index contributed by atoms with van der Waals surface area (Å²) < 4.78 is 10.5. The molecule has 0 saturated carbocycles. The highest BCUT2D eigenvalue weighted by molar-refractivity contribution is 6.32. The molecule has 0 radical (unpaired) electrons. The molecule has 116 valence electrons. The lowest BCUT2D eigenvalue weighted by molar-refractivity contribution is 0.0965. The summed E-state index contributed by atoms with van der Waals surface area (Å²) in [5.41, 5.74) is 7.49. The summed E-state index contributed by atoms with van der Waals surface area (Å²) in [6, 6.07) is 16.4. The predicted molar refractivity (Wildman–Crippen MR) is 86.2 cm³/mol. The van der Waals surface area contributed by atoms with Gasteiger partial charge in [-0.05, 0) is 17.7 Å². The first-order valence-electron chi connectivity index (χ1n) is 6.86. The highest BCUT2D eigenvalue weighted by atomic mass is 35.5. The molecule has 1 amide bonds. The second-order valence-corrected chi connectivity index (χ2v) is 5.26. The zero-order chi connectivity index (χ0) is 16.2. The second-order valence-electron chi connectivity index (χ2n) is 4.86. The van der Waals surface area contributed by atoms with Crippen LogP contribution in [0.2, 0.25) is 5.02 Å². The zero-order valence-corrected chi connectivity index (χ0v) is 12.8. The van der Waals surface area contributed by atoms with E-state index in [1.807, 2.05) is 42.5 Å². The van der Waals surface area contributed by atoms with Gasteiger partial charge in [-0.1, -0.05) is 53.2 Å². The molecule has 3 rings (SSSR count). The number of primary amides is 1.